The fraction of sp³-hybridized carbons (Fsp3) is 0.357. The zero-order valence-electron chi connectivity index (χ0n) is 22.3. The topological polar surface area (TPSA) is 106 Å². The fourth-order valence-corrected chi connectivity index (χ4v) is 3.07. The normalized spacial score (nSPS) is 10.5. The Morgan fingerprint density at radius 2 is 1.72 bits per heavy atom. The summed E-state index contributed by atoms with van der Waals surface area (Å²) in [6.45, 7) is 17.1. The van der Waals surface area contributed by atoms with Gasteiger partial charge in [-0.05, 0) is 71.0 Å². The standard InChI is InChI=1S/C26H34N6O2.C2H6/c1-18-17-29-25(32-24(18)30-21-10-6-9-20(27)15-21)31-22-11-7-12-23(16-22)33-14-8-13-28-19(2)34-26(3,4)5;1-2/h6-7,9-12,15-17,28H,2,8,13-14,27H2,1,3-5H3,(H2,29,30,31,32);1-2H3. The van der Waals surface area contributed by atoms with Gasteiger partial charge in [0.2, 0.25) is 5.95 Å². The molecule has 2 aromatic carbocycles. The number of nitrogens with zero attached hydrogens (tertiary/aromatic N) is 2. The first-order chi connectivity index (χ1) is 17.2. The highest BCUT2D eigenvalue weighted by Gasteiger charge is 2.11. The maximum atomic E-state index is 5.88. The zero-order chi connectivity index (χ0) is 26.6. The van der Waals surface area contributed by atoms with E-state index in [2.05, 4.69) is 32.5 Å². The van der Waals surface area contributed by atoms with Crippen molar-refractivity contribution < 1.29 is 9.47 Å². The number of nitrogen functional groups attached to an aromatic ring is 1. The van der Waals surface area contributed by atoms with Crippen molar-refractivity contribution in [2.45, 2.75) is 53.6 Å². The molecule has 8 nitrogen and oxygen atoms in total. The number of benzene rings is 2. The minimum absolute atomic E-state index is 0.262. The predicted molar refractivity (Wildman–Crippen MR) is 150 cm³/mol. The number of aryl methyl sites for hydroxylation is 1. The fourth-order valence-electron chi connectivity index (χ4n) is 3.07. The smallest absolute Gasteiger partial charge is 0.229 e. The van der Waals surface area contributed by atoms with Crippen molar-refractivity contribution in [2.75, 3.05) is 29.5 Å². The molecule has 194 valence electrons. The Morgan fingerprint density at radius 1 is 1.03 bits per heavy atom. The lowest BCUT2D eigenvalue weighted by Crippen LogP contribution is -2.26. The number of hydrogen-bond acceptors (Lipinski definition) is 8. The number of nitrogens with one attached hydrogen (secondary N) is 3. The number of hydrogen-bond donors (Lipinski definition) is 4. The maximum Gasteiger partial charge on any atom is 0.229 e. The Bertz CT molecular complexity index is 1110. The zero-order valence-corrected chi connectivity index (χ0v) is 22.3. The average molecular weight is 493 g/mol. The van der Waals surface area contributed by atoms with Gasteiger partial charge in [0.05, 0.1) is 6.61 Å². The van der Waals surface area contributed by atoms with Crippen LogP contribution >= 0.6 is 0 Å². The van der Waals surface area contributed by atoms with Crippen molar-refractivity contribution >= 4 is 28.8 Å². The summed E-state index contributed by atoms with van der Waals surface area (Å²) in [6, 6.07) is 15.2. The highest BCUT2D eigenvalue weighted by Crippen LogP contribution is 2.24. The maximum absolute atomic E-state index is 5.88. The highest BCUT2D eigenvalue weighted by atomic mass is 16.5. The summed E-state index contributed by atoms with van der Waals surface area (Å²) in [6.07, 6.45) is 2.58. The van der Waals surface area contributed by atoms with Crippen LogP contribution in [0.15, 0.2) is 67.2 Å². The van der Waals surface area contributed by atoms with Crippen LogP contribution in [0.4, 0.5) is 28.8 Å². The van der Waals surface area contributed by atoms with Crippen molar-refractivity contribution in [1.82, 2.24) is 15.3 Å². The molecule has 0 saturated carbocycles. The molecule has 36 heavy (non-hydrogen) atoms. The van der Waals surface area contributed by atoms with Crippen LogP contribution < -0.4 is 26.4 Å². The van der Waals surface area contributed by atoms with Gasteiger partial charge in [-0.2, -0.15) is 4.98 Å². The molecule has 0 spiro atoms. The molecule has 0 aliphatic rings. The molecule has 0 fully saturated rings. The van der Waals surface area contributed by atoms with E-state index in [9.17, 15) is 0 Å². The van der Waals surface area contributed by atoms with Gasteiger partial charge < -0.3 is 31.2 Å². The van der Waals surface area contributed by atoms with Gasteiger partial charge in [-0.3, -0.25) is 0 Å². The molecule has 5 N–H and O–H groups in total. The van der Waals surface area contributed by atoms with Crippen LogP contribution in [0, 0.1) is 6.92 Å². The monoisotopic (exact) mass is 492 g/mol. The first kappa shape index (κ1) is 28.3. The van der Waals surface area contributed by atoms with Gasteiger partial charge in [0.25, 0.3) is 0 Å². The second kappa shape index (κ2) is 13.8. The van der Waals surface area contributed by atoms with Crippen molar-refractivity contribution in [3.8, 4) is 5.75 Å². The largest absolute Gasteiger partial charge is 0.493 e. The molecule has 0 aliphatic heterocycles. The first-order valence-electron chi connectivity index (χ1n) is 12.3. The Labute approximate surface area is 215 Å². The second-order valence-electron chi connectivity index (χ2n) is 8.89. The van der Waals surface area contributed by atoms with E-state index in [-0.39, 0.29) is 5.60 Å². The van der Waals surface area contributed by atoms with Gasteiger partial charge in [-0.25, -0.2) is 4.98 Å². The summed E-state index contributed by atoms with van der Waals surface area (Å²) in [5, 5.41) is 9.69. The lowest BCUT2D eigenvalue weighted by atomic mass is 10.2. The quantitative estimate of drug-likeness (QED) is 0.136. The third-order valence-electron chi connectivity index (χ3n) is 4.55. The van der Waals surface area contributed by atoms with Gasteiger partial charge in [-0.15, -0.1) is 0 Å². The van der Waals surface area contributed by atoms with Gasteiger partial charge in [0.1, 0.15) is 17.2 Å². The average Bonchev–Trinajstić information content (AvgIpc) is 2.81. The predicted octanol–water partition coefficient (Wildman–Crippen LogP) is 6.53. The molecular weight excluding hydrogens is 452 g/mol. The van der Waals surface area contributed by atoms with Gasteiger partial charge >= 0.3 is 0 Å². The minimum Gasteiger partial charge on any atom is -0.493 e. The van der Waals surface area contributed by atoms with E-state index in [0.717, 1.165) is 29.1 Å². The van der Waals surface area contributed by atoms with Gasteiger partial charge in [0.15, 0.2) is 5.88 Å². The lowest BCUT2D eigenvalue weighted by molar-refractivity contribution is 0.0413. The number of anilines is 5. The van der Waals surface area contributed by atoms with Crippen LogP contribution in [0.1, 0.15) is 46.6 Å². The van der Waals surface area contributed by atoms with E-state index in [1.54, 1.807) is 6.20 Å². The van der Waals surface area contributed by atoms with Crippen LogP contribution in [-0.4, -0.2) is 28.7 Å². The number of nitrogens with two attached hydrogens (primary N) is 1. The molecule has 8 heteroatoms. The third kappa shape index (κ3) is 10.1. The molecule has 0 atom stereocenters. The third-order valence-corrected chi connectivity index (χ3v) is 4.55. The molecule has 0 saturated heterocycles. The van der Waals surface area contributed by atoms with E-state index in [1.807, 2.05) is 90.1 Å². The summed E-state index contributed by atoms with van der Waals surface area (Å²) < 4.78 is 11.5. The summed E-state index contributed by atoms with van der Waals surface area (Å²) in [5.41, 5.74) is 8.92. The molecule has 3 aromatic rings. The second-order valence-corrected chi connectivity index (χ2v) is 8.89. The molecule has 0 bridgehead atoms. The van der Waals surface area contributed by atoms with E-state index in [0.29, 0.717) is 36.5 Å². The summed E-state index contributed by atoms with van der Waals surface area (Å²) in [5.74, 6) is 2.53. The molecular formula is C28H40N6O2. The van der Waals surface area contributed by atoms with Gasteiger partial charge in [0, 0.05) is 41.4 Å². The number of aromatic nitrogens is 2. The van der Waals surface area contributed by atoms with Crippen LogP contribution in [0.5, 0.6) is 5.75 Å². The summed E-state index contributed by atoms with van der Waals surface area (Å²) in [4.78, 5) is 9.00. The van der Waals surface area contributed by atoms with E-state index >= 15 is 0 Å². The summed E-state index contributed by atoms with van der Waals surface area (Å²) >= 11 is 0. The van der Waals surface area contributed by atoms with Crippen molar-refractivity contribution in [3.63, 3.8) is 0 Å². The van der Waals surface area contributed by atoms with Gasteiger partial charge in [-0.1, -0.05) is 26.0 Å². The lowest BCUT2D eigenvalue weighted by Gasteiger charge is -2.23. The SMILES string of the molecule is C=C(NCCCOc1cccc(Nc2ncc(C)c(Nc3cccc(N)c3)n2)c1)OC(C)(C)C.CC. The Morgan fingerprint density at radius 3 is 2.42 bits per heavy atom. The van der Waals surface area contributed by atoms with Crippen molar-refractivity contribution in [2.24, 2.45) is 0 Å². The minimum atomic E-state index is -0.262. The molecule has 0 aliphatic carbocycles. The van der Waals surface area contributed by atoms with Crippen LogP contribution in [0.25, 0.3) is 0 Å². The molecule has 1 heterocycles. The Kier molecular flexibility index (Phi) is 10.9. The van der Waals surface area contributed by atoms with Crippen LogP contribution in [0.3, 0.4) is 0 Å². The molecule has 0 radical (unpaired) electrons. The van der Waals surface area contributed by atoms with E-state index in [1.165, 1.54) is 0 Å². The van der Waals surface area contributed by atoms with Crippen LogP contribution in [0.2, 0.25) is 0 Å². The Hall–Kier alpha value is -3.94. The molecule has 3 rings (SSSR count). The number of ether oxygens (including phenoxy) is 2. The Balaban J connectivity index is 0.00000222. The van der Waals surface area contributed by atoms with Crippen molar-refractivity contribution in [3.05, 3.63) is 72.8 Å². The molecule has 1 aromatic heterocycles. The highest BCUT2D eigenvalue weighted by molar-refractivity contribution is 5.65. The molecule has 0 unspecified atom stereocenters. The van der Waals surface area contributed by atoms with Crippen LogP contribution in [-0.2, 0) is 4.74 Å². The first-order valence-corrected chi connectivity index (χ1v) is 12.3. The van der Waals surface area contributed by atoms with E-state index < -0.39 is 0 Å². The van der Waals surface area contributed by atoms with E-state index in [4.69, 9.17) is 15.2 Å². The number of rotatable bonds is 11. The summed E-state index contributed by atoms with van der Waals surface area (Å²) in [7, 11) is 0. The molecule has 0 amide bonds. The van der Waals surface area contributed by atoms with Crippen molar-refractivity contribution in [1.29, 1.82) is 0 Å².